The average Bonchev–Trinajstić information content (AvgIpc) is 3.18. The van der Waals surface area contributed by atoms with Crippen molar-refractivity contribution >= 4 is 33.7 Å². The summed E-state index contributed by atoms with van der Waals surface area (Å²) in [5.74, 6) is 0.0658. The van der Waals surface area contributed by atoms with E-state index in [1.165, 1.54) is 11.0 Å². The van der Waals surface area contributed by atoms with Crippen molar-refractivity contribution in [2.24, 2.45) is 0 Å². The number of amides is 1. The molecule has 28 heavy (non-hydrogen) atoms. The second-order valence-corrected chi connectivity index (χ2v) is 7.22. The molecule has 2 heterocycles. The van der Waals surface area contributed by atoms with Crippen LogP contribution in [0.1, 0.15) is 18.1 Å². The summed E-state index contributed by atoms with van der Waals surface area (Å²) >= 11 is 3.51. The standard InChI is InChI=1S/C21H18BrNO5/c1-3-12-27-20(25)23-17-14(9-7-10-15(17)22)21(19(24)26-4-2)13-8-5-6-11-16(13)28-18(21)23/h3,5-11,18H,1,4,12H2,2H3/t18-,21+/m1/s1. The van der Waals surface area contributed by atoms with Crippen LogP contribution in [0.2, 0.25) is 0 Å². The third kappa shape index (κ3) is 2.39. The molecule has 7 heteroatoms. The van der Waals surface area contributed by atoms with Gasteiger partial charge in [-0.1, -0.05) is 43.0 Å². The van der Waals surface area contributed by atoms with E-state index in [0.717, 1.165) is 0 Å². The second kappa shape index (κ2) is 6.98. The Balaban J connectivity index is 1.99. The van der Waals surface area contributed by atoms with Crippen molar-refractivity contribution in [1.29, 1.82) is 0 Å². The largest absolute Gasteiger partial charge is 0.468 e. The molecule has 2 atom stereocenters. The normalized spacial score (nSPS) is 21.2. The zero-order chi connectivity index (χ0) is 19.9. The van der Waals surface area contributed by atoms with Gasteiger partial charge in [-0.2, -0.15) is 0 Å². The molecule has 144 valence electrons. The van der Waals surface area contributed by atoms with Gasteiger partial charge in [-0.15, -0.1) is 0 Å². The maximum absolute atomic E-state index is 13.4. The Morgan fingerprint density at radius 1 is 1.21 bits per heavy atom. The molecule has 0 bridgehead atoms. The third-order valence-electron chi connectivity index (χ3n) is 4.93. The first-order chi connectivity index (χ1) is 13.6. The minimum Gasteiger partial charge on any atom is -0.468 e. The van der Waals surface area contributed by atoms with Crippen molar-refractivity contribution in [3.05, 3.63) is 70.7 Å². The van der Waals surface area contributed by atoms with Gasteiger partial charge in [0.05, 0.1) is 12.3 Å². The number of rotatable bonds is 4. The number of benzene rings is 2. The van der Waals surface area contributed by atoms with E-state index >= 15 is 0 Å². The highest BCUT2D eigenvalue weighted by molar-refractivity contribution is 9.10. The molecule has 0 fully saturated rings. The number of halogens is 1. The first-order valence-corrected chi connectivity index (χ1v) is 9.65. The zero-order valence-electron chi connectivity index (χ0n) is 15.2. The fraction of sp³-hybridized carbons (Fsp3) is 0.238. The van der Waals surface area contributed by atoms with Crippen LogP contribution in [0, 0.1) is 0 Å². The van der Waals surface area contributed by atoms with Crippen molar-refractivity contribution < 1.29 is 23.8 Å². The quantitative estimate of drug-likeness (QED) is 0.524. The number of fused-ring (bicyclic) bond motifs is 5. The minimum absolute atomic E-state index is 0.0429. The smallest absolute Gasteiger partial charge is 0.417 e. The van der Waals surface area contributed by atoms with Gasteiger partial charge < -0.3 is 14.2 Å². The van der Waals surface area contributed by atoms with E-state index in [9.17, 15) is 9.59 Å². The van der Waals surface area contributed by atoms with Crippen LogP contribution in [0.25, 0.3) is 0 Å². The SMILES string of the molecule is C=CCOC(=O)N1c2c(Br)cccc2[C@@]2(C(=O)OCC)c3ccccc3O[C@@H]12. The zero-order valence-corrected chi connectivity index (χ0v) is 16.8. The van der Waals surface area contributed by atoms with Gasteiger partial charge in [-0.25, -0.2) is 9.69 Å². The molecular formula is C21H18BrNO5. The van der Waals surface area contributed by atoms with E-state index in [0.29, 0.717) is 27.0 Å². The molecule has 0 saturated carbocycles. The molecule has 0 aliphatic carbocycles. The number of nitrogens with zero attached hydrogens (tertiary/aromatic N) is 1. The van der Waals surface area contributed by atoms with E-state index in [-0.39, 0.29) is 13.2 Å². The second-order valence-electron chi connectivity index (χ2n) is 6.37. The van der Waals surface area contributed by atoms with E-state index in [1.807, 2.05) is 30.3 Å². The van der Waals surface area contributed by atoms with Crippen LogP contribution in [-0.4, -0.2) is 31.5 Å². The lowest BCUT2D eigenvalue weighted by molar-refractivity contribution is -0.150. The lowest BCUT2D eigenvalue weighted by Gasteiger charge is -2.29. The number of carbonyl (C=O) groups excluding carboxylic acids is 2. The van der Waals surface area contributed by atoms with Gasteiger partial charge >= 0.3 is 12.1 Å². The van der Waals surface area contributed by atoms with E-state index in [2.05, 4.69) is 22.5 Å². The molecule has 4 rings (SSSR count). The predicted molar refractivity (Wildman–Crippen MR) is 106 cm³/mol. The first kappa shape index (κ1) is 18.6. The molecule has 6 nitrogen and oxygen atoms in total. The predicted octanol–water partition coefficient (Wildman–Crippen LogP) is 4.16. The summed E-state index contributed by atoms with van der Waals surface area (Å²) in [5, 5.41) is 0. The highest BCUT2D eigenvalue weighted by Crippen LogP contribution is 2.58. The van der Waals surface area contributed by atoms with Crippen LogP contribution in [-0.2, 0) is 19.7 Å². The fourth-order valence-electron chi connectivity index (χ4n) is 3.91. The van der Waals surface area contributed by atoms with Gasteiger partial charge in [0.1, 0.15) is 12.4 Å². The molecule has 0 spiro atoms. The molecule has 0 unspecified atom stereocenters. The number of hydrogen-bond donors (Lipinski definition) is 0. The Morgan fingerprint density at radius 2 is 1.96 bits per heavy atom. The molecule has 2 aliphatic rings. The van der Waals surface area contributed by atoms with E-state index < -0.39 is 23.7 Å². The Hall–Kier alpha value is -2.80. The average molecular weight is 444 g/mol. The number of anilines is 1. The Kier molecular flexibility index (Phi) is 4.63. The highest BCUT2D eigenvalue weighted by Gasteiger charge is 2.66. The summed E-state index contributed by atoms with van der Waals surface area (Å²) in [5.41, 5.74) is 0.533. The van der Waals surface area contributed by atoms with Crippen LogP contribution in [0.3, 0.4) is 0 Å². The molecule has 0 saturated heterocycles. The van der Waals surface area contributed by atoms with Crippen molar-refractivity contribution in [3.8, 4) is 5.75 Å². The maximum Gasteiger partial charge on any atom is 0.417 e. The number of hydrogen-bond acceptors (Lipinski definition) is 5. The summed E-state index contributed by atoms with van der Waals surface area (Å²) in [6, 6.07) is 12.7. The van der Waals surface area contributed by atoms with Crippen LogP contribution in [0.4, 0.5) is 10.5 Å². The van der Waals surface area contributed by atoms with Gasteiger partial charge in [0.15, 0.2) is 5.41 Å². The molecule has 2 aromatic carbocycles. The van der Waals surface area contributed by atoms with Crippen LogP contribution in [0.15, 0.2) is 59.6 Å². The van der Waals surface area contributed by atoms with Gasteiger partial charge in [0, 0.05) is 15.6 Å². The summed E-state index contributed by atoms with van der Waals surface area (Å²) in [4.78, 5) is 27.7. The van der Waals surface area contributed by atoms with Crippen molar-refractivity contribution in [3.63, 3.8) is 0 Å². The summed E-state index contributed by atoms with van der Waals surface area (Å²) < 4.78 is 17.5. The number of ether oxygens (including phenoxy) is 3. The fourth-order valence-corrected chi connectivity index (χ4v) is 4.47. The summed E-state index contributed by atoms with van der Waals surface area (Å²) in [6.07, 6.45) is -0.0930. The van der Waals surface area contributed by atoms with E-state index in [1.54, 1.807) is 19.1 Å². The van der Waals surface area contributed by atoms with Gasteiger partial charge in [0.25, 0.3) is 0 Å². The molecule has 0 N–H and O–H groups in total. The Labute approximate surface area is 170 Å². The number of esters is 1. The first-order valence-electron chi connectivity index (χ1n) is 8.86. The lowest BCUT2D eigenvalue weighted by Crippen LogP contribution is -2.52. The lowest BCUT2D eigenvalue weighted by atomic mass is 9.75. The van der Waals surface area contributed by atoms with Gasteiger partial charge in [-0.05, 0) is 35.0 Å². The highest BCUT2D eigenvalue weighted by atomic mass is 79.9. The molecular weight excluding hydrogens is 426 g/mol. The van der Waals surface area contributed by atoms with Crippen molar-refractivity contribution in [2.45, 2.75) is 18.6 Å². The van der Waals surface area contributed by atoms with E-state index in [4.69, 9.17) is 14.2 Å². The Morgan fingerprint density at radius 3 is 2.71 bits per heavy atom. The minimum atomic E-state index is -1.29. The molecule has 2 aliphatic heterocycles. The van der Waals surface area contributed by atoms with Crippen LogP contribution < -0.4 is 9.64 Å². The van der Waals surface area contributed by atoms with Gasteiger partial charge in [0.2, 0.25) is 6.23 Å². The maximum atomic E-state index is 13.4. The number of carbonyl (C=O) groups is 2. The monoisotopic (exact) mass is 443 g/mol. The number of para-hydroxylation sites is 2. The molecule has 1 amide bonds. The van der Waals surface area contributed by atoms with Crippen LogP contribution >= 0.6 is 15.9 Å². The van der Waals surface area contributed by atoms with Crippen LogP contribution in [0.5, 0.6) is 5.75 Å². The molecule has 2 aromatic rings. The Bertz CT molecular complexity index is 975. The molecule has 0 radical (unpaired) electrons. The summed E-state index contributed by atoms with van der Waals surface area (Å²) in [7, 11) is 0. The topological polar surface area (TPSA) is 65.1 Å². The third-order valence-corrected chi connectivity index (χ3v) is 5.57. The molecule has 0 aromatic heterocycles. The van der Waals surface area contributed by atoms with Crippen molar-refractivity contribution in [1.82, 2.24) is 0 Å². The van der Waals surface area contributed by atoms with Gasteiger partial charge in [-0.3, -0.25) is 4.79 Å². The summed E-state index contributed by atoms with van der Waals surface area (Å²) in [6.45, 7) is 5.57. The van der Waals surface area contributed by atoms with Crippen molar-refractivity contribution in [2.75, 3.05) is 18.1 Å².